The van der Waals surface area contributed by atoms with Gasteiger partial charge in [-0.1, -0.05) is 6.07 Å². The second-order valence-corrected chi connectivity index (χ2v) is 5.11. The van der Waals surface area contributed by atoms with Gasteiger partial charge in [0.05, 0.1) is 44.8 Å². The second-order valence-electron chi connectivity index (χ2n) is 5.11. The summed E-state index contributed by atoms with van der Waals surface area (Å²) in [4.78, 5) is 15.5. The Morgan fingerprint density at radius 1 is 1.44 bits per heavy atom. The van der Waals surface area contributed by atoms with Gasteiger partial charge in [-0.05, 0) is 26.0 Å². The van der Waals surface area contributed by atoms with Gasteiger partial charge in [-0.25, -0.2) is 9.66 Å². The third-order valence-corrected chi connectivity index (χ3v) is 3.24. The monoisotopic (exact) mass is 346 g/mol. The first-order valence-electron chi connectivity index (χ1n) is 7.86. The molecule has 0 aliphatic heterocycles. The molecule has 0 radical (unpaired) electrons. The van der Waals surface area contributed by atoms with Gasteiger partial charge in [0.25, 0.3) is 0 Å². The molecule has 0 aliphatic rings. The number of hydrogen-bond acceptors (Lipinski definition) is 7. The lowest BCUT2D eigenvalue weighted by molar-refractivity contribution is -0.143. The van der Waals surface area contributed by atoms with E-state index in [-0.39, 0.29) is 19.0 Å². The number of carbonyl (C=O) groups is 1. The quantitative estimate of drug-likeness (QED) is 0.579. The zero-order valence-electron chi connectivity index (χ0n) is 14.6. The number of hydrogen-bond donors (Lipinski definition) is 1. The smallest absolute Gasteiger partial charge is 0.309 e. The van der Waals surface area contributed by atoms with Crippen LogP contribution in [0.5, 0.6) is 11.5 Å². The Morgan fingerprint density at radius 2 is 2.24 bits per heavy atom. The van der Waals surface area contributed by atoms with Crippen molar-refractivity contribution in [2.24, 2.45) is 5.10 Å². The van der Waals surface area contributed by atoms with Crippen LogP contribution >= 0.6 is 0 Å². The Balaban J connectivity index is 2.17. The topological polar surface area (TPSA) is 101 Å². The fourth-order valence-electron chi connectivity index (χ4n) is 2.14. The van der Waals surface area contributed by atoms with Crippen LogP contribution in [-0.2, 0) is 9.53 Å². The first-order valence-corrected chi connectivity index (χ1v) is 7.86. The summed E-state index contributed by atoms with van der Waals surface area (Å²) >= 11 is 0. The molecule has 0 unspecified atom stereocenters. The fraction of sp³-hybridized carbons (Fsp3) is 0.353. The normalized spacial score (nSPS) is 10.8. The van der Waals surface area contributed by atoms with Crippen LogP contribution in [0.4, 0.5) is 5.95 Å². The number of imidazole rings is 1. The Kier molecular flexibility index (Phi) is 6.39. The lowest BCUT2D eigenvalue weighted by Gasteiger charge is -2.13. The van der Waals surface area contributed by atoms with Crippen LogP contribution in [0.1, 0.15) is 24.6 Å². The summed E-state index contributed by atoms with van der Waals surface area (Å²) in [6, 6.07) is 5.42. The van der Waals surface area contributed by atoms with E-state index < -0.39 is 0 Å². The highest BCUT2D eigenvalue weighted by Crippen LogP contribution is 2.30. The summed E-state index contributed by atoms with van der Waals surface area (Å²) in [5, 5.41) is 4.28. The van der Waals surface area contributed by atoms with E-state index in [1.54, 1.807) is 32.5 Å². The number of carbonyl (C=O) groups excluding carboxylic acids is 1. The van der Waals surface area contributed by atoms with Gasteiger partial charge in [-0.3, -0.25) is 4.79 Å². The largest absolute Gasteiger partial charge is 0.493 e. The number of nitrogens with two attached hydrogens (primary N) is 1. The van der Waals surface area contributed by atoms with Gasteiger partial charge in [0.1, 0.15) is 0 Å². The Morgan fingerprint density at radius 3 is 2.88 bits per heavy atom. The molecule has 0 saturated heterocycles. The highest BCUT2D eigenvalue weighted by Gasteiger charge is 2.11. The van der Waals surface area contributed by atoms with Crippen molar-refractivity contribution in [1.82, 2.24) is 9.66 Å². The molecule has 1 aromatic carbocycles. The number of aromatic nitrogens is 2. The van der Waals surface area contributed by atoms with E-state index in [0.717, 1.165) is 5.69 Å². The maximum Gasteiger partial charge on any atom is 0.309 e. The number of aryl methyl sites for hydroxylation is 1. The number of rotatable bonds is 8. The fourth-order valence-corrected chi connectivity index (χ4v) is 2.14. The first kappa shape index (κ1) is 18.3. The third-order valence-electron chi connectivity index (χ3n) is 3.24. The van der Waals surface area contributed by atoms with Crippen molar-refractivity contribution < 1.29 is 19.0 Å². The molecule has 0 amide bonds. The average molecular weight is 346 g/mol. The predicted octanol–water partition coefficient (Wildman–Crippen LogP) is 2.00. The Labute approximate surface area is 146 Å². The van der Waals surface area contributed by atoms with Crippen LogP contribution in [-0.4, -0.2) is 42.2 Å². The summed E-state index contributed by atoms with van der Waals surface area (Å²) in [5.74, 6) is 1.02. The van der Waals surface area contributed by atoms with Crippen molar-refractivity contribution >= 4 is 18.1 Å². The molecule has 0 fully saturated rings. The number of esters is 1. The molecule has 0 saturated carbocycles. The van der Waals surface area contributed by atoms with Gasteiger partial charge in [0.2, 0.25) is 5.95 Å². The molecular weight excluding hydrogens is 324 g/mol. The van der Waals surface area contributed by atoms with Crippen molar-refractivity contribution in [3.63, 3.8) is 0 Å². The molecule has 0 bridgehead atoms. The molecule has 8 heteroatoms. The predicted molar refractivity (Wildman–Crippen MR) is 94.1 cm³/mol. The van der Waals surface area contributed by atoms with Crippen LogP contribution < -0.4 is 15.2 Å². The molecule has 2 N–H and O–H groups in total. The van der Waals surface area contributed by atoms with E-state index in [1.807, 2.05) is 19.1 Å². The summed E-state index contributed by atoms with van der Waals surface area (Å²) in [6.45, 7) is 4.11. The first-order chi connectivity index (χ1) is 12.0. The van der Waals surface area contributed by atoms with Gasteiger partial charge >= 0.3 is 5.97 Å². The van der Waals surface area contributed by atoms with Gasteiger partial charge in [0.15, 0.2) is 11.5 Å². The molecule has 0 aliphatic carbocycles. The molecule has 1 aromatic heterocycles. The summed E-state index contributed by atoms with van der Waals surface area (Å²) in [6.07, 6.45) is 3.46. The average Bonchev–Trinajstić information content (AvgIpc) is 2.91. The van der Waals surface area contributed by atoms with Gasteiger partial charge in [-0.2, -0.15) is 5.10 Å². The number of para-hydroxylation sites is 1. The molecule has 0 atom stereocenters. The standard InChI is InChI=1S/C17H22N4O4/c1-4-24-15(22)8-9-25-16-13(6-5-7-14(16)23-3)10-19-21-11-12(2)20-17(21)18/h5-7,10-11H,4,8-9H2,1-3H3,(H2,18,20). The van der Waals surface area contributed by atoms with Crippen LogP contribution in [0.3, 0.4) is 0 Å². The molecule has 1 heterocycles. The molecular formula is C17H22N4O4. The van der Waals surface area contributed by atoms with Gasteiger partial charge in [-0.15, -0.1) is 0 Å². The zero-order chi connectivity index (χ0) is 18.2. The number of benzene rings is 1. The molecule has 2 aromatic rings. The Hall–Kier alpha value is -3.03. The second kappa shape index (κ2) is 8.72. The van der Waals surface area contributed by atoms with Crippen LogP contribution in [0.2, 0.25) is 0 Å². The van der Waals surface area contributed by atoms with E-state index in [9.17, 15) is 4.79 Å². The number of nitrogens with zero attached hydrogens (tertiary/aromatic N) is 3. The Bertz CT molecular complexity index is 755. The van der Waals surface area contributed by atoms with Crippen LogP contribution in [0, 0.1) is 6.92 Å². The van der Waals surface area contributed by atoms with E-state index in [0.29, 0.717) is 29.6 Å². The highest BCUT2D eigenvalue weighted by atomic mass is 16.5. The van der Waals surface area contributed by atoms with Crippen molar-refractivity contribution in [1.29, 1.82) is 0 Å². The maximum atomic E-state index is 11.4. The molecule has 0 spiro atoms. The SMILES string of the molecule is CCOC(=O)CCOc1c(C=Nn2cc(C)nc2N)cccc1OC. The van der Waals surface area contributed by atoms with Gasteiger partial charge < -0.3 is 19.9 Å². The summed E-state index contributed by atoms with van der Waals surface area (Å²) < 4.78 is 17.4. The summed E-state index contributed by atoms with van der Waals surface area (Å²) in [7, 11) is 1.55. The van der Waals surface area contributed by atoms with Crippen molar-refractivity contribution in [2.45, 2.75) is 20.3 Å². The van der Waals surface area contributed by atoms with E-state index in [2.05, 4.69) is 10.1 Å². The number of nitrogen functional groups attached to an aromatic ring is 1. The van der Waals surface area contributed by atoms with E-state index >= 15 is 0 Å². The van der Waals surface area contributed by atoms with E-state index in [1.165, 1.54) is 4.68 Å². The van der Waals surface area contributed by atoms with Crippen molar-refractivity contribution in [3.8, 4) is 11.5 Å². The molecule has 25 heavy (non-hydrogen) atoms. The molecule has 8 nitrogen and oxygen atoms in total. The van der Waals surface area contributed by atoms with E-state index in [4.69, 9.17) is 19.9 Å². The number of ether oxygens (including phenoxy) is 3. The number of methoxy groups -OCH3 is 1. The van der Waals surface area contributed by atoms with Crippen molar-refractivity contribution in [2.75, 3.05) is 26.1 Å². The highest BCUT2D eigenvalue weighted by molar-refractivity contribution is 5.85. The van der Waals surface area contributed by atoms with Crippen LogP contribution in [0.25, 0.3) is 0 Å². The van der Waals surface area contributed by atoms with Gasteiger partial charge in [0, 0.05) is 5.56 Å². The summed E-state index contributed by atoms with van der Waals surface area (Å²) in [5.41, 5.74) is 7.23. The van der Waals surface area contributed by atoms with Crippen molar-refractivity contribution in [3.05, 3.63) is 35.7 Å². The lowest BCUT2D eigenvalue weighted by atomic mass is 10.2. The minimum absolute atomic E-state index is 0.149. The third kappa shape index (κ3) is 4.97. The maximum absolute atomic E-state index is 11.4. The number of anilines is 1. The van der Waals surface area contributed by atoms with Crippen LogP contribution in [0.15, 0.2) is 29.5 Å². The minimum Gasteiger partial charge on any atom is -0.493 e. The minimum atomic E-state index is -0.311. The molecule has 134 valence electrons. The molecule has 2 rings (SSSR count). The zero-order valence-corrected chi connectivity index (χ0v) is 14.6. The lowest BCUT2D eigenvalue weighted by Crippen LogP contribution is -2.10.